The average molecular weight is 228 g/mol. The lowest BCUT2D eigenvalue weighted by atomic mass is 10.1. The van der Waals surface area contributed by atoms with Gasteiger partial charge >= 0.3 is 0 Å². The first-order valence-electron chi connectivity index (χ1n) is 6.82. The first kappa shape index (κ1) is 15.9. The van der Waals surface area contributed by atoms with E-state index in [9.17, 15) is 0 Å². The van der Waals surface area contributed by atoms with E-state index < -0.39 is 0 Å². The molecule has 0 saturated carbocycles. The van der Waals surface area contributed by atoms with Gasteiger partial charge in [-0.05, 0) is 60.5 Å². The highest BCUT2D eigenvalue weighted by molar-refractivity contribution is 4.75. The molecule has 2 unspecified atom stereocenters. The summed E-state index contributed by atoms with van der Waals surface area (Å²) in [7, 11) is 0. The molecule has 0 aromatic rings. The summed E-state index contributed by atoms with van der Waals surface area (Å²) in [4.78, 5) is 2.60. The Hall–Kier alpha value is -0.0800. The molecular weight excluding hydrogens is 196 g/mol. The van der Waals surface area contributed by atoms with Gasteiger partial charge in [-0.2, -0.15) is 0 Å². The van der Waals surface area contributed by atoms with Crippen LogP contribution in [0.25, 0.3) is 0 Å². The van der Waals surface area contributed by atoms with Crippen molar-refractivity contribution in [3.05, 3.63) is 0 Å². The summed E-state index contributed by atoms with van der Waals surface area (Å²) in [5.74, 6) is 0. The molecule has 0 aliphatic carbocycles. The Morgan fingerprint density at radius 1 is 1.06 bits per heavy atom. The lowest BCUT2D eigenvalue weighted by molar-refractivity contribution is 0.149. The van der Waals surface area contributed by atoms with Crippen molar-refractivity contribution in [2.45, 2.75) is 78.9 Å². The Morgan fingerprint density at radius 3 is 2.00 bits per heavy atom. The van der Waals surface area contributed by atoms with Gasteiger partial charge in [-0.25, -0.2) is 0 Å². The third-order valence-corrected chi connectivity index (χ3v) is 3.31. The first-order chi connectivity index (χ1) is 7.31. The Kier molecular flexibility index (Phi) is 7.25. The molecule has 0 rings (SSSR count). The molecule has 0 bridgehead atoms. The Bertz CT molecular complexity index is 172. The van der Waals surface area contributed by atoms with Crippen LogP contribution < -0.4 is 5.32 Å². The van der Waals surface area contributed by atoms with Gasteiger partial charge in [-0.15, -0.1) is 0 Å². The lowest BCUT2D eigenvalue weighted by Gasteiger charge is -2.34. The van der Waals surface area contributed by atoms with Gasteiger partial charge in [0.2, 0.25) is 0 Å². The van der Waals surface area contributed by atoms with Crippen molar-refractivity contribution in [2.75, 3.05) is 13.1 Å². The summed E-state index contributed by atoms with van der Waals surface area (Å²) in [6, 6.07) is 1.38. The van der Waals surface area contributed by atoms with E-state index in [1.807, 2.05) is 0 Å². The van der Waals surface area contributed by atoms with E-state index in [1.165, 1.54) is 12.8 Å². The van der Waals surface area contributed by atoms with Crippen molar-refractivity contribution >= 4 is 0 Å². The predicted molar refractivity (Wildman–Crippen MR) is 74.0 cm³/mol. The van der Waals surface area contributed by atoms with Crippen LogP contribution in [0.2, 0.25) is 0 Å². The maximum atomic E-state index is 3.56. The summed E-state index contributed by atoms with van der Waals surface area (Å²) in [6.07, 6.45) is 2.47. The molecule has 0 aliphatic rings. The molecule has 2 nitrogen and oxygen atoms in total. The van der Waals surface area contributed by atoms with Crippen molar-refractivity contribution < 1.29 is 0 Å². The molecule has 2 heteroatoms. The maximum absolute atomic E-state index is 3.56. The monoisotopic (exact) mass is 228 g/mol. The van der Waals surface area contributed by atoms with E-state index in [4.69, 9.17) is 0 Å². The lowest BCUT2D eigenvalue weighted by Crippen LogP contribution is -2.43. The van der Waals surface area contributed by atoms with Gasteiger partial charge in [0, 0.05) is 17.6 Å². The molecule has 0 aromatic heterocycles. The fourth-order valence-corrected chi connectivity index (χ4v) is 2.11. The summed E-state index contributed by atoms with van der Waals surface area (Å²) in [6.45, 7) is 18.2. The molecule has 0 heterocycles. The van der Waals surface area contributed by atoms with E-state index in [2.05, 4.69) is 58.7 Å². The number of nitrogens with one attached hydrogen (secondary N) is 1. The Balaban J connectivity index is 3.98. The standard InChI is InChI=1S/C14H32N2/c1-8-12(3)16(9-2)13(4)10-11-15-14(5,6)7/h12-13,15H,8-11H2,1-7H3. The second-order valence-corrected chi connectivity index (χ2v) is 5.90. The SMILES string of the molecule is CCC(C)N(CC)C(C)CCNC(C)(C)C. The zero-order valence-electron chi connectivity index (χ0n) is 12.4. The molecule has 2 atom stereocenters. The summed E-state index contributed by atoms with van der Waals surface area (Å²) in [5.41, 5.74) is 0.243. The zero-order chi connectivity index (χ0) is 12.8. The topological polar surface area (TPSA) is 15.3 Å². The Morgan fingerprint density at radius 2 is 1.62 bits per heavy atom. The van der Waals surface area contributed by atoms with E-state index in [0.717, 1.165) is 13.1 Å². The van der Waals surface area contributed by atoms with E-state index in [0.29, 0.717) is 12.1 Å². The van der Waals surface area contributed by atoms with Crippen LogP contribution in [0.15, 0.2) is 0 Å². The number of nitrogens with zero attached hydrogens (tertiary/aromatic N) is 1. The van der Waals surface area contributed by atoms with Crippen LogP contribution >= 0.6 is 0 Å². The number of hydrogen-bond acceptors (Lipinski definition) is 2. The fourth-order valence-electron chi connectivity index (χ4n) is 2.11. The van der Waals surface area contributed by atoms with Gasteiger partial charge in [0.05, 0.1) is 0 Å². The Labute approximate surface area is 103 Å². The number of hydrogen-bond donors (Lipinski definition) is 1. The second kappa shape index (κ2) is 7.29. The van der Waals surface area contributed by atoms with E-state index >= 15 is 0 Å². The number of rotatable bonds is 7. The van der Waals surface area contributed by atoms with Crippen molar-refractivity contribution in [1.82, 2.24) is 10.2 Å². The molecule has 1 N–H and O–H groups in total. The zero-order valence-corrected chi connectivity index (χ0v) is 12.4. The largest absolute Gasteiger partial charge is 0.312 e. The van der Waals surface area contributed by atoms with Crippen LogP contribution in [0.1, 0.15) is 61.3 Å². The van der Waals surface area contributed by atoms with E-state index in [1.54, 1.807) is 0 Å². The minimum atomic E-state index is 0.243. The molecule has 0 amide bonds. The van der Waals surface area contributed by atoms with Crippen LogP contribution in [0.4, 0.5) is 0 Å². The molecule has 0 aliphatic heterocycles. The van der Waals surface area contributed by atoms with Crippen LogP contribution in [0, 0.1) is 0 Å². The van der Waals surface area contributed by atoms with Gasteiger partial charge in [-0.1, -0.05) is 13.8 Å². The average Bonchev–Trinajstić information content (AvgIpc) is 2.16. The highest BCUT2D eigenvalue weighted by Crippen LogP contribution is 2.11. The van der Waals surface area contributed by atoms with Crippen molar-refractivity contribution in [1.29, 1.82) is 0 Å². The van der Waals surface area contributed by atoms with Gasteiger partial charge in [0.25, 0.3) is 0 Å². The highest BCUT2D eigenvalue weighted by atomic mass is 15.2. The molecule has 0 aromatic carbocycles. The second-order valence-electron chi connectivity index (χ2n) is 5.90. The van der Waals surface area contributed by atoms with Crippen molar-refractivity contribution in [2.24, 2.45) is 0 Å². The highest BCUT2D eigenvalue weighted by Gasteiger charge is 2.17. The molecule has 0 radical (unpaired) electrons. The minimum absolute atomic E-state index is 0.243. The van der Waals surface area contributed by atoms with Crippen molar-refractivity contribution in [3.63, 3.8) is 0 Å². The molecule has 98 valence electrons. The third kappa shape index (κ3) is 6.49. The summed E-state index contributed by atoms with van der Waals surface area (Å²) < 4.78 is 0. The van der Waals surface area contributed by atoms with Crippen LogP contribution in [0.5, 0.6) is 0 Å². The van der Waals surface area contributed by atoms with Crippen molar-refractivity contribution in [3.8, 4) is 0 Å². The van der Waals surface area contributed by atoms with Gasteiger partial charge in [-0.3, -0.25) is 4.90 Å². The van der Waals surface area contributed by atoms with Crippen LogP contribution in [-0.2, 0) is 0 Å². The third-order valence-electron chi connectivity index (χ3n) is 3.31. The smallest absolute Gasteiger partial charge is 0.00965 e. The minimum Gasteiger partial charge on any atom is -0.312 e. The molecule has 0 spiro atoms. The van der Waals surface area contributed by atoms with Crippen LogP contribution in [0.3, 0.4) is 0 Å². The normalized spacial score (nSPS) is 16.5. The predicted octanol–water partition coefficient (Wildman–Crippen LogP) is 3.27. The van der Waals surface area contributed by atoms with Gasteiger partial charge < -0.3 is 5.32 Å². The van der Waals surface area contributed by atoms with Gasteiger partial charge in [0.1, 0.15) is 0 Å². The van der Waals surface area contributed by atoms with Crippen LogP contribution in [-0.4, -0.2) is 35.6 Å². The maximum Gasteiger partial charge on any atom is 0.00965 e. The summed E-state index contributed by atoms with van der Waals surface area (Å²) in [5, 5.41) is 3.56. The molecule has 0 fully saturated rings. The summed E-state index contributed by atoms with van der Waals surface area (Å²) >= 11 is 0. The van der Waals surface area contributed by atoms with Gasteiger partial charge in [0.15, 0.2) is 0 Å². The molecular formula is C14H32N2. The van der Waals surface area contributed by atoms with E-state index in [-0.39, 0.29) is 5.54 Å². The molecule has 16 heavy (non-hydrogen) atoms. The molecule has 0 saturated heterocycles. The first-order valence-corrected chi connectivity index (χ1v) is 6.82. The quantitative estimate of drug-likeness (QED) is 0.719. The fraction of sp³-hybridized carbons (Fsp3) is 1.00.